The summed E-state index contributed by atoms with van der Waals surface area (Å²) >= 11 is 0. The lowest BCUT2D eigenvalue weighted by Crippen LogP contribution is -2.65. The lowest BCUT2D eigenvalue weighted by molar-refractivity contribution is -0.133. The first-order chi connectivity index (χ1) is 14.0. The number of nitrogens with zero attached hydrogens (tertiary/aromatic N) is 1. The summed E-state index contributed by atoms with van der Waals surface area (Å²) in [6, 6.07) is 2.74. The standard InChI is InChI=1S/C22H30F3N3O2/c1-4-21(2,3)27-18(29)11-28-12-22(13-28)8-14(9-22)10-26-20(30)16-5-15(19(24)25)6-17(23)7-16/h5-7,14,19H,4,8-13H2,1-3H3,(H,26,30)(H,27,29). The summed E-state index contributed by atoms with van der Waals surface area (Å²) in [5.41, 5.74) is -0.562. The van der Waals surface area contributed by atoms with Gasteiger partial charge in [-0.25, -0.2) is 13.2 Å². The van der Waals surface area contributed by atoms with E-state index in [1.54, 1.807) is 0 Å². The molecule has 2 N–H and O–H groups in total. The Balaban J connectivity index is 1.38. The van der Waals surface area contributed by atoms with Crippen LogP contribution in [0.25, 0.3) is 0 Å². The predicted molar refractivity (Wildman–Crippen MR) is 108 cm³/mol. The minimum Gasteiger partial charge on any atom is -0.352 e. The molecule has 3 rings (SSSR count). The van der Waals surface area contributed by atoms with Crippen molar-refractivity contribution in [2.24, 2.45) is 11.3 Å². The zero-order chi connectivity index (χ0) is 22.1. The van der Waals surface area contributed by atoms with Crippen molar-refractivity contribution in [1.82, 2.24) is 15.5 Å². The molecule has 8 heteroatoms. The van der Waals surface area contributed by atoms with Gasteiger partial charge >= 0.3 is 0 Å². The number of benzene rings is 1. The number of likely N-dealkylation sites (tertiary alicyclic amines) is 1. The maximum Gasteiger partial charge on any atom is 0.263 e. The Labute approximate surface area is 175 Å². The molecule has 5 nitrogen and oxygen atoms in total. The molecule has 2 aliphatic rings. The fourth-order valence-corrected chi connectivity index (χ4v) is 4.50. The van der Waals surface area contributed by atoms with Crippen molar-refractivity contribution in [3.63, 3.8) is 0 Å². The van der Waals surface area contributed by atoms with Gasteiger partial charge in [-0.3, -0.25) is 14.5 Å². The quantitative estimate of drug-likeness (QED) is 0.670. The van der Waals surface area contributed by atoms with E-state index in [4.69, 9.17) is 0 Å². The molecule has 1 heterocycles. The van der Waals surface area contributed by atoms with Crippen LogP contribution < -0.4 is 10.6 Å². The van der Waals surface area contributed by atoms with Crippen LogP contribution in [-0.4, -0.2) is 48.4 Å². The summed E-state index contributed by atoms with van der Waals surface area (Å²) in [6.07, 6.45) is -0.0422. The molecule has 1 aromatic rings. The Hall–Kier alpha value is -2.09. The van der Waals surface area contributed by atoms with Crippen molar-refractivity contribution in [1.29, 1.82) is 0 Å². The van der Waals surface area contributed by atoms with Gasteiger partial charge < -0.3 is 10.6 Å². The molecule has 1 aliphatic carbocycles. The highest BCUT2D eigenvalue weighted by Crippen LogP contribution is 2.51. The van der Waals surface area contributed by atoms with E-state index in [1.165, 1.54) is 0 Å². The highest BCUT2D eigenvalue weighted by atomic mass is 19.3. The summed E-state index contributed by atoms with van der Waals surface area (Å²) in [5.74, 6) is -1.03. The number of nitrogens with one attached hydrogen (secondary N) is 2. The molecule has 0 aromatic heterocycles. The highest BCUT2D eigenvalue weighted by Gasteiger charge is 2.52. The van der Waals surface area contributed by atoms with Crippen LogP contribution in [0.2, 0.25) is 0 Å². The van der Waals surface area contributed by atoms with Crippen LogP contribution in [0.4, 0.5) is 13.2 Å². The minimum absolute atomic E-state index is 0.0399. The van der Waals surface area contributed by atoms with Crippen LogP contribution in [0.15, 0.2) is 18.2 Å². The van der Waals surface area contributed by atoms with Gasteiger partial charge in [0, 0.05) is 36.3 Å². The Kier molecular flexibility index (Phi) is 6.45. The van der Waals surface area contributed by atoms with E-state index in [2.05, 4.69) is 15.5 Å². The minimum atomic E-state index is -2.82. The van der Waals surface area contributed by atoms with Gasteiger partial charge in [0.05, 0.1) is 6.54 Å². The van der Waals surface area contributed by atoms with Gasteiger partial charge in [-0.2, -0.15) is 0 Å². The number of amides is 2. The van der Waals surface area contributed by atoms with E-state index in [0.29, 0.717) is 19.0 Å². The molecule has 166 valence electrons. The van der Waals surface area contributed by atoms with Gasteiger partial charge in [-0.1, -0.05) is 6.92 Å². The van der Waals surface area contributed by atoms with Crippen molar-refractivity contribution in [2.75, 3.05) is 26.2 Å². The second-order valence-corrected chi connectivity index (χ2v) is 9.49. The first kappa shape index (κ1) is 22.6. The van der Waals surface area contributed by atoms with Crippen LogP contribution in [-0.2, 0) is 4.79 Å². The molecule has 1 aliphatic heterocycles. The number of alkyl halides is 2. The molecule has 2 fully saturated rings. The van der Waals surface area contributed by atoms with E-state index in [0.717, 1.165) is 50.6 Å². The molecule has 0 bridgehead atoms. The van der Waals surface area contributed by atoms with Gasteiger partial charge in [-0.15, -0.1) is 0 Å². The van der Waals surface area contributed by atoms with Crippen molar-refractivity contribution < 1.29 is 22.8 Å². The maximum absolute atomic E-state index is 13.5. The summed E-state index contributed by atoms with van der Waals surface area (Å²) in [6.45, 7) is 8.64. The molecule has 0 unspecified atom stereocenters. The number of carbonyl (C=O) groups excluding carboxylic acids is 2. The summed E-state index contributed by atoms with van der Waals surface area (Å²) in [5, 5.41) is 5.77. The Morgan fingerprint density at radius 3 is 2.50 bits per heavy atom. The second-order valence-electron chi connectivity index (χ2n) is 9.49. The van der Waals surface area contributed by atoms with E-state index in [1.807, 2.05) is 20.8 Å². The van der Waals surface area contributed by atoms with Crippen LogP contribution in [0, 0.1) is 17.2 Å². The highest BCUT2D eigenvalue weighted by molar-refractivity contribution is 5.94. The Morgan fingerprint density at radius 1 is 1.23 bits per heavy atom. The summed E-state index contributed by atoms with van der Waals surface area (Å²) in [4.78, 5) is 26.5. The first-order valence-corrected chi connectivity index (χ1v) is 10.4. The number of carbonyl (C=O) groups is 2. The SMILES string of the molecule is CCC(C)(C)NC(=O)CN1CC2(CC(CNC(=O)c3cc(F)cc(C(F)F)c3)C2)C1. The summed E-state index contributed by atoms with van der Waals surface area (Å²) in [7, 11) is 0. The smallest absolute Gasteiger partial charge is 0.263 e. The van der Waals surface area contributed by atoms with Crippen LogP contribution in [0.3, 0.4) is 0 Å². The second kappa shape index (κ2) is 8.57. The zero-order valence-corrected chi connectivity index (χ0v) is 17.7. The van der Waals surface area contributed by atoms with E-state index in [-0.39, 0.29) is 22.4 Å². The first-order valence-electron chi connectivity index (χ1n) is 10.4. The fourth-order valence-electron chi connectivity index (χ4n) is 4.50. The van der Waals surface area contributed by atoms with Gasteiger partial charge in [0.1, 0.15) is 5.82 Å². The van der Waals surface area contributed by atoms with Gasteiger partial charge in [0.2, 0.25) is 5.91 Å². The van der Waals surface area contributed by atoms with Crippen molar-refractivity contribution >= 4 is 11.8 Å². The Morgan fingerprint density at radius 2 is 1.90 bits per heavy atom. The van der Waals surface area contributed by atoms with Crippen LogP contribution in [0.1, 0.15) is 62.4 Å². The van der Waals surface area contributed by atoms with Crippen LogP contribution in [0.5, 0.6) is 0 Å². The topological polar surface area (TPSA) is 61.4 Å². The van der Waals surface area contributed by atoms with Crippen molar-refractivity contribution in [3.05, 3.63) is 35.1 Å². The van der Waals surface area contributed by atoms with Gasteiger partial charge in [0.25, 0.3) is 12.3 Å². The molecule has 30 heavy (non-hydrogen) atoms. The zero-order valence-electron chi connectivity index (χ0n) is 17.7. The molecule has 1 aromatic carbocycles. The average Bonchev–Trinajstić information content (AvgIpc) is 2.60. The average molecular weight is 425 g/mol. The largest absolute Gasteiger partial charge is 0.352 e. The molecular weight excluding hydrogens is 395 g/mol. The molecule has 0 atom stereocenters. The fraction of sp³-hybridized carbons (Fsp3) is 0.636. The molecular formula is C22H30F3N3O2. The summed E-state index contributed by atoms with van der Waals surface area (Å²) < 4.78 is 39.0. The molecule has 0 radical (unpaired) electrons. The number of hydrogen-bond acceptors (Lipinski definition) is 3. The third kappa shape index (κ3) is 5.33. The molecule has 2 amide bonds. The normalized spacial score (nSPS) is 18.8. The van der Waals surface area contributed by atoms with Crippen molar-refractivity contribution in [2.45, 2.75) is 52.0 Å². The van der Waals surface area contributed by atoms with Gasteiger partial charge in [0.15, 0.2) is 0 Å². The van der Waals surface area contributed by atoms with Crippen molar-refractivity contribution in [3.8, 4) is 0 Å². The molecule has 1 saturated carbocycles. The van der Waals surface area contributed by atoms with E-state index in [9.17, 15) is 22.8 Å². The number of rotatable bonds is 8. The lowest BCUT2D eigenvalue weighted by Gasteiger charge is -2.59. The van der Waals surface area contributed by atoms with E-state index < -0.39 is 23.7 Å². The molecule has 1 spiro atoms. The van der Waals surface area contributed by atoms with Crippen LogP contribution >= 0.6 is 0 Å². The van der Waals surface area contributed by atoms with E-state index >= 15 is 0 Å². The lowest BCUT2D eigenvalue weighted by atomic mass is 9.57. The maximum atomic E-state index is 13.5. The van der Waals surface area contributed by atoms with Gasteiger partial charge in [-0.05, 0) is 62.6 Å². The Bertz CT molecular complexity index is 799. The third-order valence-corrected chi connectivity index (χ3v) is 6.28. The monoisotopic (exact) mass is 425 g/mol. The molecule has 1 saturated heterocycles. The predicted octanol–water partition coefficient (Wildman–Crippen LogP) is 3.51. The number of halogens is 3. The number of hydrogen-bond donors (Lipinski definition) is 2. The third-order valence-electron chi connectivity index (χ3n) is 6.28.